The Morgan fingerprint density at radius 2 is 2.20 bits per heavy atom. The summed E-state index contributed by atoms with van der Waals surface area (Å²) in [7, 11) is 2.13. The van der Waals surface area contributed by atoms with Crippen molar-refractivity contribution in [2.75, 3.05) is 20.1 Å². The van der Waals surface area contributed by atoms with E-state index in [1.165, 1.54) is 0 Å². The van der Waals surface area contributed by atoms with Crippen LogP contribution in [0.2, 0.25) is 0 Å². The highest BCUT2D eigenvalue weighted by Gasteiger charge is 2.36. The van der Waals surface area contributed by atoms with Crippen molar-refractivity contribution in [3.05, 3.63) is 0 Å². The average Bonchev–Trinajstić information content (AvgIpc) is 2.50. The molecule has 0 spiro atoms. The second-order valence-corrected chi connectivity index (χ2v) is 4.91. The van der Waals surface area contributed by atoms with Crippen molar-refractivity contribution in [2.24, 2.45) is 0 Å². The Hall–Kier alpha value is -0.610. The first kappa shape index (κ1) is 10.9. The zero-order chi connectivity index (χ0) is 11.0. The minimum absolute atomic E-state index is 0.129. The van der Waals surface area contributed by atoms with Crippen LogP contribution in [0, 0.1) is 0 Å². The third kappa shape index (κ3) is 2.16. The molecule has 0 aromatic heterocycles. The molecule has 1 N–H and O–H groups in total. The van der Waals surface area contributed by atoms with Gasteiger partial charge in [0.25, 0.3) is 0 Å². The number of aliphatic hydroxyl groups excluding tert-OH is 1. The quantitative estimate of drug-likeness (QED) is 0.668. The summed E-state index contributed by atoms with van der Waals surface area (Å²) in [5.41, 5.74) is 0. The van der Waals surface area contributed by atoms with Gasteiger partial charge in [-0.1, -0.05) is 0 Å². The van der Waals surface area contributed by atoms with Gasteiger partial charge in [0.1, 0.15) is 0 Å². The van der Waals surface area contributed by atoms with Gasteiger partial charge >= 0.3 is 0 Å². The van der Waals surface area contributed by atoms with Crippen molar-refractivity contribution in [1.82, 2.24) is 9.80 Å². The Morgan fingerprint density at radius 3 is 2.73 bits per heavy atom. The number of likely N-dealkylation sites (tertiary alicyclic amines) is 2. The molecule has 0 radical (unpaired) electrons. The molecule has 0 aromatic carbocycles. The molecular formula is C11H20N2O2. The molecule has 2 heterocycles. The first-order valence-electron chi connectivity index (χ1n) is 5.75. The van der Waals surface area contributed by atoms with Crippen LogP contribution in [-0.4, -0.2) is 59.1 Å². The predicted molar refractivity (Wildman–Crippen MR) is 57.5 cm³/mol. The summed E-state index contributed by atoms with van der Waals surface area (Å²) in [6.45, 7) is 3.79. The third-order valence-electron chi connectivity index (χ3n) is 3.76. The Morgan fingerprint density at radius 1 is 1.47 bits per heavy atom. The van der Waals surface area contributed by atoms with Crippen LogP contribution in [0.3, 0.4) is 0 Å². The summed E-state index contributed by atoms with van der Waals surface area (Å²) in [6.07, 6.45) is 1.96. The van der Waals surface area contributed by atoms with Gasteiger partial charge in [0.05, 0.1) is 12.5 Å². The maximum atomic E-state index is 11.6. The number of carbonyl (C=O) groups is 1. The fourth-order valence-corrected chi connectivity index (χ4v) is 2.61. The highest BCUT2D eigenvalue weighted by atomic mass is 16.3. The molecule has 0 saturated carbocycles. The molecule has 15 heavy (non-hydrogen) atoms. The summed E-state index contributed by atoms with van der Waals surface area (Å²) < 4.78 is 0. The van der Waals surface area contributed by atoms with Crippen molar-refractivity contribution >= 4 is 5.91 Å². The molecule has 3 atom stereocenters. The largest absolute Gasteiger partial charge is 0.391 e. The molecule has 0 aliphatic carbocycles. The lowest BCUT2D eigenvalue weighted by atomic mass is 9.98. The molecule has 86 valence electrons. The minimum atomic E-state index is -0.438. The van der Waals surface area contributed by atoms with Crippen LogP contribution in [0.15, 0.2) is 0 Å². The Kier molecular flexibility index (Phi) is 2.98. The van der Waals surface area contributed by atoms with Crippen LogP contribution in [0.5, 0.6) is 0 Å². The first-order valence-corrected chi connectivity index (χ1v) is 5.75. The summed E-state index contributed by atoms with van der Waals surface area (Å²) in [6, 6.07) is 0.884. The highest BCUT2D eigenvalue weighted by Crippen LogP contribution is 2.24. The molecule has 0 aromatic rings. The van der Waals surface area contributed by atoms with E-state index in [9.17, 15) is 9.90 Å². The normalized spacial score (nSPS) is 38.7. The fourth-order valence-electron chi connectivity index (χ4n) is 2.61. The number of nitrogens with zero attached hydrogens (tertiary/aromatic N) is 2. The smallest absolute Gasteiger partial charge is 0.225 e. The number of hydrogen-bond donors (Lipinski definition) is 1. The van der Waals surface area contributed by atoms with Crippen LogP contribution in [-0.2, 0) is 4.79 Å². The Labute approximate surface area is 90.9 Å². The molecule has 2 aliphatic heterocycles. The molecule has 2 aliphatic rings. The van der Waals surface area contributed by atoms with E-state index >= 15 is 0 Å². The maximum absolute atomic E-state index is 11.6. The summed E-state index contributed by atoms with van der Waals surface area (Å²) in [5.74, 6) is 0.129. The molecule has 2 rings (SSSR count). The Balaban J connectivity index is 1.97. The van der Waals surface area contributed by atoms with Crippen molar-refractivity contribution in [3.8, 4) is 0 Å². The van der Waals surface area contributed by atoms with Crippen LogP contribution in [0.25, 0.3) is 0 Å². The van der Waals surface area contributed by atoms with Gasteiger partial charge in [0.15, 0.2) is 0 Å². The highest BCUT2D eigenvalue weighted by molar-refractivity contribution is 5.79. The van der Waals surface area contributed by atoms with E-state index in [1.54, 1.807) is 0 Å². The molecule has 3 unspecified atom stereocenters. The molecule has 0 bridgehead atoms. The van der Waals surface area contributed by atoms with E-state index in [4.69, 9.17) is 0 Å². The average molecular weight is 212 g/mol. The summed E-state index contributed by atoms with van der Waals surface area (Å²) >= 11 is 0. The van der Waals surface area contributed by atoms with Gasteiger partial charge in [0.2, 0.25) is 5.91 Å². The number of amides is 1. The third-order valence-corrected chi connectivity index (χ3v) is 3.76. The fraction of sp³-hybridized carbons (Fsp3) is 0.909. The second kappa shape index (κ2) is 4.10. The number of carbonyl (C=O) groups excluding carboxylic acids is 1. The van der Waals surface area contributed by atoms with E-state index in [2.05, 4.69) is 18.9 Å². The van der Waals surface area contributed by atoms with Crippen molar-refractivity contribution in [2.45, 2.75) is 44.4 Å². The standard InChI is InChI=1S/C11H20N2O2/c1-8-5-9(3-4-12(8)2)13-7-10(14)6-11(13)15/h8-10,14H,3-7H2,1-2H3. The second-order valence-electron chi connectivity index (χ2n) is 4.91. The molecule has 2 saturated heterocycles. The van der Waals surface area contributed by atoms with Crippen molar-refractivity contribution in [3.63, 3.8) is 0 Å². The Bertz CT molecular complexity index is 257. The molecule has 2 fully saturated rings. The molecule has 4 heteroatoms. The zero-order valence-electron chi connectivity index (χ0n) is 9.52. The van der Waals surface area contributed by atoms with Crippen LogP contribution >= 0.6 is 0 Å². The van der Waals surface area contributed by atoms with Gasteiger partial charge in [0, 0.05) is 25.2 Å². The van der Waals surface area contributed by atoms with Gasteiger partial charge in [-0.15, -0.1) is 0 Å². The predicted octanol–water partition coefficient (Wildman–Crippen LogP) is 0.0623. The topological polar surface area (TPSA) is 43.8 Å². The minimum Gasteiger partial charge on any atom is -0.391 e. The van der Waals surface area contributed by atoms with E-state index in [1.807, 2.05) is 4.90 Å². The maximum Gasteiger partial charge on any atom is 0.225 e. The van der Waals surface area contributed by atoms with Gasteiger partial charge in [-0.3, -0.25) is 4.79 Å². The van der Waals surface area contributed by atoms with E-state index in [-0.39, 0.29) is 5.91 Å². The van der Waals surface area contributed by atoms with Crippen molar-refractivity contribution < 1.29 is 9.90 Å². The van der Waals surface area contributed by atoms with Crippen LogP contribution in [0.4, 0.5) is 0 Å². The van der Waals surface area contributed by atoms with Crippen LogP contribution < -0.4 is 0 Å². The lowest BCUT2D eigenvalue weighted by Gasteiger charge is -2.39. The van der Waals surface area contributed by atoms with Gasteiger partial charge in [-0.05, 0) is 26.8 Å². The molecular weight excluding hydrogens is 192 g/mol. The lowest BCUT2D eigenvalue weighted by molar-refractivity contribution is -0.130. The number of β-amino-alcohol motifs (C(OH)–C–C–N with tert-alkyl or cyclic N) is 1. The van der Waals surface area contributed by atoms with Crippen LogP contribution in [0.1, 0.15) is 26.2 Å². The SMILES string of the molecule is CC1CC(N2CC(O)CC2=O)CCN1C. The van der Waals surface area contributed by atoms with E-state index < -0.39 is 6.10 Å². The monoisotopic (exact) mass is 212 g/mol. The van der Waals surface area contributed by atoms with Crippen molar-refractivity contribution in [1.29, 1.82) is 0 Å². The van der Waals surface area contributed by atoms with E-state index in [0.29, 0.717) is 25.0 Å². The summed E-state index contributed by atoms with van der Waals surface area (Å²) in [4.78, 5) is 15.8. The van der Waals surface area contributed by atoms with Gasteiger partial charge < -0.3 is 14.9 Å². The van der Waals surface area contributed by atoms with Gasteiger partial charge in [-0.25, -0.2) is 0 Å². The number of aliphatic hydroxyl groups is 1. The molecule has 4 nitrogen and oxygen atoms in total. The first-order chi connectivity index (χ1) is 7.08. The number of hydrogen-bond acceptors (Lipinski definition) is 3. The lowest BCUT2D eigenvalue weighted by Crippen LogP contribution is -2.48. The number of rotatable bonds is 1. The molecule has 1 amide bonds. The zero-order valence-corrected chi connectivity index (χ0v) is 9.52. The van der Waals surface area contributed by atoms with Gasteiger partial charge in [-0.2, -0.15) is 0 Å². The number of piperidine rings is 1. The van der Waals surface area contributed by atoms with E-state index in [0.717, 1.165) is 19.4 Å². The summed E-state index contributed by atoms with van der Waals surface area (Å²) in [5, 5.41) is 9.45.